The van der Waals surface area contributed by atoms with Crippen molar-refractivity contribution >= 4 is 17.8 Å². The molecule has 6 N–H and O–H groups in total. The average molecular weight is 231 g/mol. The number of nitrogens with two attached hydrogens (primary N) is 2. The van der Waals surface area contributed by atoms with Gasteiger partial charge in [0.1, 0.15) is 6.04 Å². The third-order valence-corrected chi connectivity index (χ3v) is 2.13. The van der Waals surface area contributed by atoms with Crippen molar-refractivity contribution in [3.63, 3.8) is 0 Å². The highest BCUT2D eigenvalue weighted by molar-refractivity contribution is 5.90. The molecule has 0 aromatic carbocycles. The molecular formula is C9H17N3O4. The highest BCUT2D eigenvalue weighted by Crippen LogP contribution is 2.13. The zero-order valence-electron chi connectivity index (χ0n) is 9.32. The molecule has 0 saturated carbocycles. The summed E-state index contributed by atoms with van der Waals surface area (Å²) >= 11 is 0. The van der Waals surface area contributed by atoms with Crippen LogP contribution in [-0.2, 0) is 14.4 Å². The molecule has 0 heterocycles. The number of carboxylic acid groups (broad SMARTS) is 1. The van der Waals surface area contributed by atoms with Gasteiger partial charge in [-0.2, -0.15) is 0 Å². The van der Waals surface area contributed by atoms with Crippen LogP contribution in [0.15, 0.2) is 0 Å². The van der Waals surface area contributed by atoms with E-state index in [1.165, 1.54) is 0 Å². The zero-order chi connectivity index (χ0) is 12.9. The van der Waals surface area contributed by atoms with E-state index in [4.69, 9.17) is 16.6 Å². The fraction of sp³-hybridized carbons (Fsp3) is 0.667. The first-order chi connectivity index (χ1) is 7.20. The van der Waals surface area contributed by atoms with Crippen LogP contribution < -0.4 is 16.8 Å². The van der Waals surface area contributed by atoms with Gasteiger partial charge in [0.15, 0.2) is 0 Å². The van der Waals surface area contributed by atoms with Gasteiger partial charge in [-0.15, -0.1) is 0 Å². The maximum atomic E-state index is 11.6. The molecule has 1 atom stereocenters. The maximum Gasteiger partial charge on any atom is 0.326 e. The molecule has 0 rings (SSSR count). The van der Waals surface area contributed by atoms with E-state index in [1.807, 2.05) is 0 Å². The summed E-state index contributed by atoms with van der Waals surface area (Å²) in [6.07, 6.45) is -0.443. The monoisotopic (exact) mass is 231 g/mol. The molecule has 0 saturated heterocycles. The van der Waals surface area contributed by atoms with Crippen molar-refractivity contribution in [3.8, 4) is 0 Å². The van der Waals surface area contributed by atoms with Gasteiger partial charge in [0.25, 0.3) is 0 Å². The van der Waals surface area contributed by atoms with Crippen LogP contribution in [0, 0.1) is 5.41 Å². The van der Waals surface area contributed by atoms with E-state index in [0.717, 1.165) is 0 Å². The Labute approximate surface area is 93.2 Å². The van der Waals surface area contributed by atoms with Crippen molar-refractivity contribution in [2.75, 3.05) is 6.54 Å². The summed E-state index contributed by atoms with van der Waals surface area (Å²) in [7, 11) is 0. The minimum atomic E-state index is -1.31. The predicted molar refractivity (Wildman–Crippen MR) is 56.2 cm³/mol. The van der Waals surface area contributed by atoms with Crippen LogP contribution in [0.3, 0.4) is 0 Å². The van der Waals surface area contributed by atoms with Gasteiger partial charge in [-0.1, -0.05) is 0 Å². The second-order valence-corrected chi connectivity index (χ2v) is 4.12. The summed E-state index contributed by atoms with van der Waals surface area (Å²) in [6, 6.07) is -1.31. The fourth-order valence-corrected chi connectivity index (χ4v) is 0.848. The van der Waals surface area contributed by atoms with Crippen LogP contribution in [-0.4, -0.2) is 35.5 Å². The Balaban J connectivity index is 4.58. The molecule has 0 radical (unpaired) electrons. The smallest absolute Gasteiger partial charge is 0.326 e. The quantitative estimate of drug-likeness (QED) is 0.437. The zero-order valence-corrected chi connectivity index (χ0v) is 9.32. The molecule has 92 valence electrons. The van der Waals surface area contributed by atoms with Gasteiger partial charge in [-0.25, -0.2) is 4.79 Å². The maximum absolute atomic E-state index is 11.6. The SMILES string of the molecule is CC(C)(CN)C(=O)N[C@@H](CC(N)=O)C(=O)O. The van der Waals surface area contributed by atoms with Gasteiger partial charge >= 0.3 is 5.97 Å². The summed E-state index contributed by atoms with van der Waals surface area (Å²) in [4.78, 5) is 32.9. The van der Waals surface area contributed by atoms with Gasteiger partial charge < -0.3 is 21.9 Å². The van der Waals surface area contributed by atoms with Crippen molar-refractivity contribution in [1.82, 2.24) is 5.32 Å². The highest BCUT2D eigenvalue weighted by Gasteiger charge is 2.30. The number of amides is 2. The standard InChI is InChI=1S/C9H17N3O4/c1-9(2,4-10)8(16)12-5(7(14)15)3-6(11)13/h5H,3-4,10H2,1-2H3,(H2,11,13)(H,12,16)(H,14,15)/t5-/m0/s1. The van der Waals surface area contributed by atoms with Gasteiger partial charge in [0, 0.05) is 6.54 Å². The van der Waals surface area contributed by atoms with E-state index in [9.17, 15) is 14.4 Å². The first-order valence-corrected chi connectivity index (χ1v) is 4.73. The van der Waals surface area contributed by atoms with Gasteiger partial charge in [0.05, 0.1) is 11.8 Å². The number of hydrogen-bond acceptors (Lipinski definition) is 4. The number of carbonyl (C=O) groups excluding carboxylic acids is 2. The van der Waals surface area contributed by atoms with Gasteiger partial charge in [-0.05, 0) is 13.8 Å². The van der Waals surface area contributed by atoms with Crippen LogP contribution in [0.1, 0.15) is 20.3 Å². The Morgan fingerprint density at radius 2 is 1.88 bits per heavy atom. The molecule has 0 bridgehead atoms. The lowest BCUT2D eigenvalue weighted by atomic mass is 9.92. The second kappa shape index (κ2) is 5.45. The lowest BCUT2D eigenvalue weighted by Gasteiger charge is -2.23. The van der Waals surface area contributed by atoms with E-state index in [1.54, 1.807) is 13.8 Å². The molecule has 2 amide bonds. The lowest BCUT2D eigenvalue weighted by molar-refractivity contribution is -0.144. The Morgan fingerprint density at radius 3 is 2.19 bits per heavy atom. The van der Waals surface area contributed by atoms with Crippen molar-refractivity contribution in [2.45, 2.75) is 26.3 Å². The van der Waals surface area contributed by atoms with Crippen molar-refractivity contribution in [1.29, 1.82) is 0 Å². The molecule has 0 aliphatic carbocycles. The Bertz CT molecular complexity index is 301. The predicted octanol–water partition coefficient (Wildman–Crippen LogP) is -1.58. The van der Waals surface area contributed by atoms with E-state index in [0.29, 0.717) is 0 Å². The number of primary amides is 1. The fourth-order valence-electron chi connectivity index (χ4n) is 0.848. The summed E-state index contributed by atoms with van der Waals surface area (Å²) < 4.78 is 0. The van der Waals surface area contributed by atoms with Gasteiger partial charge in [0.2, 0.25) is 11.8 Å². The highest BCUT2D eigenvalue weighted by atomic mass is 16.4. The van der Waals surface area contributed by atoms with Crippen molar-refractivity contribution in [2.24, 2.45) is 16.9 Å². The van der Waals surface area contributed by atoms with Crippen LogP contribution >= 0.6 is 0 Å². The first kappa shape index (κ1) is 14.4. The normalized spacial score (nSPS) is 12.9. The number of aliphatic carboxylic acids is 1. The molecule has 16 heavy (non-hydrogen) atoms. The van der Waals surface area contributed by atoms with Gasteiger partial charge in [-0.3, -0.25) is 9.59 Å². The van der Waals surface area contributed by atoms with Crippen LogP contribution in [0.2, 0.25) is 0 Å². The number of hydrogen-bond donors (Lipinski definition) is 4. The van der Waals surface area contributed by atoms with Crippen LogP contribution in [0.4, 0.5) is 0 Å². The van der Waals surface area contributed by atoms with Crippen LogP contribution in [0.5, 0.6) is 0 Å². The van der Waals surface area contributed by atoms with Crippen molar-refractivity contribution < 1.29 is 19.5 Å². The Kier molecular flexibility index (Phi) is 4.90. The molecular weight excluding hydrogens is 214 g/mol. The first-order valence-electron chi connectivity index (χ1n) is 4.73. The minimum Gasteiger partial charge on any atom is -0.480 e. The third kappa shape index (κ3) is 4.26. The van der Waals surface area contributed by atoms with E-state index < -0.39 is 35.7 Å². The molecule has 0 fully saturated rings. The molecule has 0 spiro atoms. The number of carboxylic acids is 1. The molecule has 7 nitrogen and oxygen atoms in total. The summed E-state index contributed by atoms with van der Waals surface area (Å²) in [6.45, 7) is 3.22. The molecule has 0 aliphatic heterocycles. The molecule has 0 aromatic heterocycles. The van der Waals surface area contributed by atoms with Crippen molar-refractivity contribution in [3.05, 3.63) is 0 Å². The molecule has 0 aliphatic rings. The number of rotatable bonds is 6. The molecule has 0 aromatic rings. The number of carbonyl (C=O) groups is 3. The topological polar surface area (TPSA) is 136 Å². The van der Waals surface area contributed by atoms with E-state index in [2.05, 4.69) is 5.32 Å². The largest absolute Gasteiger partial charge is 0.480 e. The molecule has 7 heteroatoms. The summed E-state index contributed by atoms with van der Waals surface area (Å²) in [5.41, 5.74) is 9.35. The second-order valence-electron chi connectivity index (χ2n) is 4.12. The summed E-state index contributed by atoms with van der Waals surface area (Å²) in [5, 5.41) is 11.0. The minimum absolute atomic E-state index is 0.0712. The van der Waals surface area contributed by atoms with Crippen LogP contribution in [0.25, 0.3) is 0 Å². The Hall–Kier alpha value is -1.63. The Morgan fingerprint density at radius 1 is 1.38 bits per heavy atom. The summed E-state index contributed by atoms with van der Waals surface area (Å²) in [5.74, 6) is -2.62. The van der Waals surface area contributed by atoms with E-state index >= 15 is 0 Å². The molecule has 0 unspecified atom stereocenters. The lowest BCUT2D eigenvalue weighted by Crippen LogP contribution is -2.50. The van der Waals surface area contributed by atoms with E-state index in [-0.39, 0.29) is 6.54 Å². The third-order valence-electron chi connectivity index (χ3n) is 2.13. The number of nitrogens with one attached hydrogen (secondary N) is 1. The average Bonchev–Trinajstić information content (AvgIpc) is 2.15.